The third-order valence-electron chi connectivity index (χ3n) is 3.71. The number of carbonyl (C=O) groups excluding carboxylic acids is 1. The molecular formula is C18H20N4OS3. The van der Waals surface area contributed by atoms with E-state index in [1.165, 1.54) is 28.0 Å². The highest BCUT2D eigenvalue weighted by atomic mass is 32.2. The zero-order valence-corrected chi connectivity index (χ0v) is 17.1. The van der Waals surface area contributed by atoms with Gasteiger partial charge in [-0.05, 0) is 42.8 Å². The Hall–Kier alpha value is -1.90. The summed E-state index contributed by atoms with van der Waals surface area (Å²) in [5.74, 6) is 0.284. The third kappa shape index (κ3) is 5.30. The molecule has 1 aromatic carbocycles. The van der Waals surface area contributed by atoms with E-state index < -0.39 is 0 Å². The Morgan fingerprint density at radius 3 is 2.69 bits per heavy atom. The molecule has 0 fully saturated rings. The average Bonchev–Trinajstić information content (AvgIpc) is 3.29. The molecule has 5 nitrogen and oxygen atoms in total. The maximum absolute atomic E-state index is 12.2. The zero-order valence-electron chi connectivity index (χ0n) is 14.6. The van der Waals surface area contributed by atoms with Gasteiger partial charge in [-0.25, -0.2) is 0 Å². The number of carbonyl (C=O) groups is 1. The van der Waals surface area contributed by atoms with Gasteiger partial charge in [-0.1, -0.05) is 47.4 Å². The van der Waals surface area contributed by atoms with E-state index in [-0.39, 0.29) is 5.91 Å². The Balaban J connectivity index is 1.44. The molecule has 0 saturated carbocycles. The molecule has 26 heavy (non-hydrogen) atoms. The van der Waals surface area contributed by atoms with Gasteiger partial charge in [0.05, 0.1) is 5.75 Å². The Morgan fingerprint density at radius 2 is 1.96 bits per heavy atom. The number of nitrogens with zero attached hydrogens (tertiary/aromatic N) is 2. The van der Waals surface area contributed by atoms with E-state index >= 15 is 0 Å². The molecule has 0 aliphatic rings. The van der Waals surface area contributed by atoms with Crippen LogP contribution >= 0.6 is 34.4 Å². The van der Waals surface area contributed by atoms with E-state index in [4.69, 9.17) is 0 Å². The maximum Gasteiger partial charge on any atom is 0.234 e. The number of aryl methyl sites for hydroxylation is 2. The summed E-state index contributed by atoms with van der Waals surface area (Å²) in [5, 5.41) is 17.4. The molecule has 3 rings (SSSR count). The second kappa shape index (κ2) is 9.16. The number of aromatic nitrogens is 2. The molecular weight excluding hydrogens is 384 g/mol. The summed E-state index contributed by atoms with van der Waals surface area (Å²) in [6.45, 7) is 4.82. The number of thiophene rings is 1. The predicted molar refractivity (Wildman–Crippen MR) is 112 cm³/mol. The summed E-state index contributed by atoms with van der Waals surface area (Å²) in [5.41, 5.74) is 3.03. The van der Waals surface area contributed by atoms with Crippen molar-refractivity contribution in [2.45, 2.75) is 24.6 Å². The number of para-hydroxylation sites is 1. The van der Waals surface area contributed by atoms with Crippen molar-refractivity contribution < 1.29 is 4.79 Å². The lowest BCUT2D eigenvalue weighted by atomic mass is 10.1. The summed E-state index contributed by atoms with van der Waals surface area (Å²) >= 11 is 4.64. The number of hydrogen-bond donors (Lipinski definition) is 2. The molecule has 2 N–H and O–H groups in total. The largest absolute Gasteiger partial charge is 0.360 e. The predicted octanol–water partition coefficient (Wildman–Crippen LogP) is 4.60. The fraction of sp³-hybridized carbons (Fsp3) is 0.278. The quantitative estimate of drug-likeness (QED) is 0.537. The molecule has 3 aromatic rings. The van der Waals surface area contributed by atoms with Gasteiger partial charge in [0.1, 0.15) is 0 Å². The van der Waals surface area contributed by atoms with Crippen molar-refractivity contribution in [3.8, 4) is 0 Å². The molecule has 0 spiro atoms. The summed E-state index contributed by atoms with van der Waals surface area (Å²) in [6, 6.07) is 10.2. The first-order valence-corrected chi connectivity index (χ1v) is 10.9. The highest BCUT2D eigenvalue weighted by Gasteiger charge is 2.10. The number of rotatable bonds is 8. The van der Waals surface area contributed by atoms with E-state index in [0.717, 1.165) is 39.3 Å². The molecule has 0 aliphatic carbocycles. The Kier molecular flexibility index (Phi) is 6.65. The van der Waals surface area contributed by atoms with Gasteiger partial charge in [-0.2, -0.15) is 0 Å². The third-order valence-corrected chi connectivity index (χ3v) is 6.66. The molecule has 0 saturated heterocycles. The van der Waals surface area contributed by atoms with Gasteiger partial charge in [0, 0.05) is 17.1 Å². The summed E-state index contributed by atoms with van der Waals surface area (Å²) < 4.78 is 0.792. The summed E-state index contributed by atoms with van der Waals surface area (Å²) in [4.78, 5) is 13.6. The molecule has 8 heteroatoms. The number of nitrogens with one attached hydrogen (secondary N) is 2. The van der Waals surface area contributed by atoms with Gasteiger partial charge < -0.3 is 10.6 Å². The van der Waals surface area contributed by atoms with Crippen LogP contribution in [0, 0.1) is 13.8 Å². The van der Waals surface area contributed by atoms with Crippen molar-refractivity contribution in [2.24, 2.45) is 0 Å². The van der Waals surface area contributed by atoms with Gasteiger partial charge >= 0.3 is 0 Å². The van der Waals surface area contributed by atoms with Crippen LogP contribution in [0.5, 0.6) is 0 Å². The molecule has 0 bridgehead atoms. The van der Waals surface area contributed by atoms with Crippen LogP contribution in [0.15, 0.2) is 40.1 Å². The smallest absolute Gasteiger partial charge is 0.234 e. The minimum absolute atomic E-state index is 0.0326. The van der Waals surface area contributed by atoms with Crippen LogP contribution in [-0.4, -0.2) is 28.4 Å². The van der Waals surface area contributed by atoms with E-state index in [9.17, 15) is 4.79 Å². The lowest BCUT2D eigenvalue weighted by Gasteiger charge is -2.10. The van der Waals surface area contributed by atoms with E-state index in [1.807, 2.05) is 32.0 Å². The second-order valence-corrected chi connectivity index (χ2v) is 8.97. The molecule has 0 unspecified atom stereocenters. The number of thioether (sulfide) groups is 1. The highest BCUT2D eigenvalue weighted by Crippen LogP contribution is 2.26. The molecule has 2 heterocycles. The lowest BCUT2D eigenvalue weighted by molar-refractivity contribution is -0.113. The van der Waals surface area contributed by atoms with Crippen LogP contribution in [0.4, 0.5) is 10.8 Å². The molecule has 136 valence electrons. The molecule has 0 radical (unpaired) electrons. The summed E-state index contributed by atoms with van der Waals surface area (Å²) in [7, 11) is 0. The fourth-order valence-electron chi connectivity index (χ4n) is 2.40. The molecule has 2 aromatic heterocycles. The van der Waals surface area contributed by atoms with Crippen LogP contribution in [0.1, 0.15) is 16.0 Å². The van der Waals surface area contributed by atoms with Crippen molar-refractivity contribution in [3.63, 3.8) is 0 Å². The number of hydrogen-bond acceptors (Lipinski definition) is 7. The minimum Gasteiger partial charge on any atom is -0.360 e. The van der Waals surface area contributed by atoms with Gasteiger partial charge in [0.2, 0.25) is 11.0 Å². The van der Waals surface area contributed by atoms with Gasteiger partial charge in [-0.15, -0.1) is 21.5 Å². The Labute approximate surface area is 165 Å². The van der Waals surface area contributed by atoms with Crippen LogP contribution in [0.2, 0.25) is 0 Å². The average molecular weight is 405 g/mol. The monoisotopic (exact) mass is 404 g/mol. The van der Waals surface area contributed by atoms with E-state index in [2.05, 4.69) is 38.3 Å². The Morgan fingerprint density at radius 1 is 1.15 bits per heavy atom. The van der Waals surface area contributed by atoms with Crippen molar-refractivity contribution in [1.29, 1.82) is 0 Å². The Bertz CT molecular complexity index is 841. The van der Waals surface area contributed by atoms with Gasteiger partial charge in [-0.3, -0.25) is 4.79 Å². The van der Waals surface area contributed by atoms with Crippen LogP contribution in [0.25, 0.3) is 0 Å². The second-order valence-electron chi connectivity index (χ2n) is 5.73. The SMILES string of the molecule is Cc1cccc(C)c1NC(=O)CSc1nnc(NCCc2cccs2)s1. The fourth-order valence-corrected chi connectivity index (χ4v) is 4.69. The topological polar surface area (TPSA) is 66.9 Å². The molecule has 0 aliphatic heterocycles. The minimum atomic E-state index is -0.0326. The zero-order chi connectivity index (χ0) is 18.4. The normalized spacial score (nSPS) is 10.7. The number of benzene rings is 1. The van der Waals surface area contributed by atoms with E-state index in [0.29, 0.717) is 5.75 Å². The van der Waals surface area contributed by atoms with Crippen molar-refractivity contribution in [3.05, 3.63) is 51.7 Å². The van der Waals surface area contributed by atoms with Gasteiger partial charge in [0.15, 0.2) is 4.34 Å². The van der Waals surface area contributed by atoms with Crippen LogP contribution < -0.4 is 10.6 Å². The van der Waals surface area contributed by atoms with Crippen molar-refractivity contribution in [1.82, 2.24) is 10.2 Å². The van der Waals surface area contributed by atoms with Gasteiger partial charge in [0.25, 0.3) is 0 Å². The molecule has 0 atom stereocenters. The van der Waals surface area contributed by atoms with Crippen molar-refractivity contribution >= 4 is 51.2 Å². The lowest BCUT2D eigenvalue weighted by Crippen LogP contribution is -2.15. The van der Waals surface area contributed by atoms with Crippen LogP contribution in [0.3, 0.4) is 0 Å². The van der Waals surface area contributed by atoms with E-state index in [1.54, 1.807) is 11.3 Å². The molecule has 1 amide bonds. The first kappa shape index (κ1) is 18.9. The standard InChI is InChI=1S/C18H20N4OS3/c1-12-5-3-6-13(2)16(12)20-15(23)11-25-18-22-21-17(26-18)19-9-8-14-7-4-10-24-14/h3-7,10H,8-9,11H2,1-2H3,(H,19,21)(H,20,23). The maximum atomic E-state index is 12.2. The summed E-state index contributed by atoms with van der Waals surface area (Å²) in [6.07, 6.45) is 0.970. The first-order chi connectivity index (χ1) is 12.6. The van der Waals surface area contributed by atoms with Crippen LogP contribution in [-0.2, 0) is 11.2 Å². The van der Waals surface area contributed by atoms with Crippen molar-refractivity contribution in [2.75, 3.05) is 22.9 Å². The number of amides is 1. The first-order valence-electron chi connectivity index (χ1n) is 8.20. The number of anilines is 2. The highest BCUT2D eigenvalue weighted by molar-refractivity contribution is 8.01.